The predicted molar refractivity (Wildman–Crippen MR) is 89.2 cm³/mol. The van der Waals surface area contributed by atoms with Crippen molar-refractivity contribution >= 4 is 34.6 Å². The van der Waals surface area contributed by atoms with Crippen LogP contribution in [0.1, 0.15) is 6.92 Å². The first kappa shape index (κ1) is 16.8. The minimum absolute atomic E-state index is 0.208. The van der Waals surface area contributed by atoms with Crippen molar-refractivity contribution in [1.29, 1.82) is 0 Å². The number of nitrogens with zero attached hydrogens (tertiary/aromatic N) is 2. The molecule has 0 fully saturated rings. The van der Waals surface area contributed by atoms with Gasteiger partial charge < -0.3 is 5.73 Å². The van der Waals surface area contributed by atoms with Gasteiger partial charge in [-0.05, 0) is 19.1 Å². The van der Waals surface area contributed by atoms with Crippen molar-refractivity contribution in [2.75, 3.05) is 0 Å². The Morgan fingerprint density at radius 1 is 1.48 bits per heavy atom. The maximum Gasteiger partial charge on any atom is 0.318 e. The van der Waals surface area contributed by atoms with E-state index in [0.717, 1.165) is 11.8 Å². The number of fused-ring (bicyclic) bond motifs is 1. The molecule has 0 saturated heterocycles. The Morgan fingerprint density at radius 2 is 2.17 bits per heavy atom. The average molecular weight is 332 g/mol. The molecule has 1 heterocycles. The van der Waals surface area contributed by atoms with Crippen LogP contribution in [0.15, 0.2) is 46.9 Å². The van der Waals surface area contributed by atoms with Gasteiger partial charge in [-0.1, -0.05) is 30.0 Å². The number of hydrogen-bond acceptors (Lipinski definition) is 5. The lowest BCUT2D eigenvalue weighted by atomic mass is 10.2. The molecule has 0 spiro atoms. The van der Waals surface area contributed by atoms with E-state index in [1.54, 1.807) is 37.3 Å². The van der Waals surface area contributed by atoms with Gasteiger partial charge in [0.1, 0.15) is 0 Å². The van der Waals surface area contributed by atoms with Crippen LogP contribution in [0.2, 0.25) is 0 Å². The van der Waals surface area contributed by atoms with E-state index in [1.807, 2.05) is 5.32 Å². The number of primary amides is 1. The molecule has 1 aromatic heterocycles. The summed E-state index contributed by atoms with van der Waals surface area (Å²) in [4.78, 5) is 39.6. The third-order valence-electron chi connectivity index (χ3n) is 3.04. The average Bonchev–Trinajstić information content (AvgIpc) is 2.50. The van der Waals surface area contributed by atoms with Crippen molar-refractivity contribution < 1.29 is 9.59 Å². The van der Waals surface area contributed by atoms with Gasteiger partial charge >= 0.3 is 6.03 Å². The normalized spacial score (nSPS) is 11.9. The summed E-state index contributed by atoms with van der Waals surface area (Å²) in [5.74, 6) is -0.546. The van der Waals surface area contributed by atoms with E-state index >= 15 is 0 Å². The molecule has 0 aliphatic rings. The highest BCUT2D eigenvalue weighted by Crippen LogP contribution is 2.22. The molecule has 1 atom stereocenters. The van der Waals surface area contributed by atoms with Crippen LogP contribution in [0, 0.1) is 0 Å². The van der Waals surface area contributed by atoms with Gasteiger partial charge in [-0.25, -0.2) is 9.78 Å². The lowest BCUT2D eigenvalue weighted by Gasteiger charge is -2.14. The number of thioether (sulfide) groups is 1. The second-order valence-corrected chi connectivity index (χ2v) is 6.04. The molecule has 3 N–H and O–H groups in total. The number of benzene rings is 1. The number of aromatic nitrogens is 2. The van der Waals surface area contributed by atoms with Crippen LogP contribution >= 0.6 is 11.8 Å². The quantitative estimate of drug-likeness (QED) is 0.487. The van der Waals surface area contributed by atoms with Crippen LogP contribution < -0.4 is 16.6 Å². The van der Waals surface area contributed by atoms with Gasteiger partial charge in [0.25, 0.3) is 5.56 Å². The van der Waals surface area contributed by atoms with Crippen LogP contribution in [0.3, 0.4) is 0 Å². The highest BCUT2D eigenvalue weighted by atomic mass is 32.2. The number of urea groups is 1. The van der Waals surface area contributed by atoms with E-state index in [-0.39, 0.29) is 12.1 Å². The number of nitrogens with two attached hydrogens (primary N) is 1. The number of para-hydroxylation sites is 1. The third kappa shape index (κ3) is 3.78. The largest absolute Gasteiger partial charge is 0.351 e. The number of imide groups is 1. The van der Waals surface area contributed by atoms with Crippen LogP contribution in [-0.2, 0) is 11.3 Å². The van der Waals surface area contributed by atoms with Crippen LogP contribution in [0.5, 0.6) is 0 Å². The molecule has 0 aliphatic carbocycles. The first-order chi connectivity index (χ1) is 10.9. The van der Waals surface area contributed by atoms with E-state index in [2.05, 4.69) is 11.6 Å². The molecule has 2 aromatic rings. The smallest absolute Gasteiger partial charge is 0.318 e. The molecule has 0 unspecified atom stereocenters. The maximum atomic E-state index is 12.6. The Labute approximate surface area is 136 Å². The summed E-state index contributed by atoms with van der Waals surface area (Å²) in [6.07, 6.45) is 1.58. The van der Waals surface area contributed by atoms with Gasteiger partial charge in [0, 0.05) is 6.54 Å². The molecular weight excluding hydrogens is 316 g/mol. The number of allylic oxidation sites excluding steroid dienone is 1. The van der Waals surface area contributed by atoms with Crippen molar-refractivity contribution in [2.45, 2.75) is 23.9 Å². The molecule has 8 heteroatoms. The van der Waals surface area contributed by atoms with E-state index in [4.69, 9.17) is 5.73 Å². The minimum Gasteiger partial charge on any atom is -0.351 e. The fourth-order valence-corrected chi connectivity index (χ4v) is 2.88. The first-order valence-corrected chi connectivity index (χ1v) is 7.69. The SMILES string of the molecule is C=CCn1c(S[C@H](C)C(=O)NC(N)=O)nc2ccccc2c1=O. The lowest BCUT2D eigenvalue weighted by Crippen LogP contribution is -2.39. The third-order valence-corrected chi connectivity index (χ3v) is 4.13. The highest BCUT2D eigenvalue weighted by molar-refractivity contribution is 8.00. The molecule has 3 amide bonds. The van der Waals surface area contributed by atoms with Crippen molar-refractivity contribution in [1.82, 2.24) is 14.9 Å². The van der Waals surface area contributed by atoms with Gasteiger partial charge in [0.15, 0.2) is 5.16 Å². The predicted octanol–water partition coefficient (Wildman–Crippen LogP) is 1.26. The molecule has 0 saturated carbocycles. The zero-order valence-electron chi connectivity index (χ0n) is 12.5. The molecule has 120 valence electrons. The Kier molecular flexibility index (Phi) is 5.17. The maximum absolute atomic E-state index is 12.6. The Hall–Kier alpha value is -2.61. The number of hydrogen-bond donors (Lipinski definition) is 2. The van der Waals surface area contributed by atoms with E-state index in [1.165, 1.54) is 4.57 Å². The number of rotatable bonds is 5. The van der Waals surface area contributed by atoms with E-state index in [0.29, 0.717) is 16.1 Å². The lowest BCUT2D eigenvalue weighted by molar-refractivity contribution is -0.119. The van der Waals surface area contributed by atoms with Gasteiger partial charge in [-0.3, -0.25) is 19.5 Å². The molecule has 7 nitrogen and oxygen atoms in total. The van der Waals surface area contributed by atoms with Gasteiger partial charge in [0.05, 0.1) is 16.2 Å². The fraction of sp³-hybridized carbons (Fsp3) is 0.200. The summed E-state index contributed by atoms with van der Waals surface area (Å²) in [5, 5.41) is 2.23. The summed E-state index contributed by atoms with van der Waals surface area (Å²) in [6, 6.07) is 6.05. The van der Waals surface area contributed by atoms with E-state index in [9.17, 15) is 14.4 Å². The van der Waals surface area contributed by atoms with Gasteiger partial charge in [0.2, 0.25) is 5.91 Å². The second-order valence-electron chi connectivity index (χ2n) is 4.73. The number of amides is 3. The zero-order valence-corrected chi connectivity index (χ0v) is 13.3. The summed E-state index contributed by atoms with van der Waals surface area (Å²) < 4.78 is 1.44. The van der Waals surface area contributed by atoms with Crippen LogP contribution in [0.4, 0.5) is 4.79 Å². The number of carbonyl (C=O) groups excluding carboxylic acids is 2. The van der Waals surface area contributed by atoms with Crippen LogP contribution in [-0.4, -0.2) is 26.7 Å². The first-order valence-electron chi connectivity index (χ1n) is 6.81. The minimum atomic E-state index is -0.919. The zero-order chi connectivity index (χ0) is 17.0. The Bertz CT molecular complexity index is 831. The molecule has 0 radical (unpaired) electrons. The number of carbonyl (C=O) groups is 2. The topological polar surface area (TPSA) is 107 Å². The summed E-state index contributed by atoms with van der Waals surface area (Å²) in [5.41, 5.74) is 5.27. The summed E-state index contributed by atoms with van der Waals surface area (Å²) in [7, 11) is 0. The van der Waals surface area contributed by atoms with Crippen molar-refractivity contribution in [3.63, 3.8) is 0 Å². The second kappa shape index (κ2) is 7.10. The Balaban J connectivity index is 2.44. The van der Waals surface area contributed by atoms with Crippen LogP contribution in [0.25, 0.3) is 10.9 Å². The van der Waals surface area contributed by atoms with Gasteiger partial charge in [-0.2, -0.15) is 0 Å². The van der Waals surface area contributed by atoms with Crippen molar-refractivity contribution in [3.05, 3.63) is 47.3 Å². The molecular formula is C15H16N4O3S. The molecule has 0 aliphatic heterocycles. The fourth-order valence-electron chi connectivity index (χ4n) is 1.96. The molecule has 23 heavy (non-hydrogen) atoms. The van der Waals surface area contributed by atoms with Crippen molar-refractivity contribution in [3.8, 4) is 0 Å². The summed E-state index contributed by atoms with van der Waals surface area (Å²) >= 11 is 1.07. The van der Waals surface area contributed by atoms with Crippen molar-refractivity contribution in [2.24, 2.45) is 5.73 Å². The molecule has 1 aromatic carbocycles. The van der Waals surface area contributed by atoms with Gasteiger partial charge in [-0.15, -0.1) is 6.58 Å². The Morgan fingerprint density at radius 3 is 2.83 bits per heavy atom. The highest BCUT2D eigenvalue weighted by Gasteiger charge is 2.19. The van der Waals surface area contributed by atoms with E-state index < -0.39 is 17.2 Å². The standard InChI is InChI=1S/C15H16N4O3S/c1-3-8-19-13(21)10-6-4-5-7-11(10)17-15(19)23-9(2)12(20)18-14(16)22/h3-7,9H,1,8H2,2H3,(H3,16,18,20,22)/t9-/m1/s1. The monoisotopic (exact) mass is 332 g/mol. The molecule has 2 rings (SSSR count). The number of nitrogens with one attached hydrogen (secondary N) is 1. The molecule has 0 bridgehead atoms. The summed E-state index contributed by atoms with van der Waals surface area (Å²) in [6.45, 7) is 5.50.